The van der Waals surface area contributed by atoms with Crippen molar-refractivity contribution in [3.63, 3.8) is 0 Å². The third kappa shape index (κ3) is 7.04. The maximum Gasteiger partial charge on any atom is 0.282 e. The molecule has 1 spiro atoms. The third-order valence-corrected chi connectivity index (χ3v) is 14.0. The Morgan fingerprint density at radius 1 is 1.10 bits per heavy atom. The van der Waals surface area contributed by atoms with Gasteiger partial charge in [0.25, 0.3) is 16.1 Å². The smallest absolute Gasteiger partial charge is 0.282 e. The lowest BCUT2D eigenvalue weighted by molar-refractivity contribution is -0.127. The van der Waals surface area contributed by atoms with Crippen LogP contribution in [0, 0.1) is 17.2 Å². The summed E-state index contributed by atoms with van der Waals surface area (Å²) >= 11 is 0. The van der Waals surface area contributed by atoms with Crippen LogP contribution in [0.25, 0.3) is 0 Å². The van der Waals surface area contributed by atoms with Gasteiger partial charge in [-0.2, -0.15) is 17.0 Å². The van der Waals surface area contributed by atoms with E-state index < -0.39 is 16.0 Å². The molecule has 2 aromatic rings. The fourth-order valence-electron chi connectivity index (χ4n) is 8.97. The molecule has 0 unspecified atom stereocenters. The molecule has 52 heavy (non-hydrogen) atoms. The van der Waals surface area contributed by atoms with E-state index in [0.717, 1.165) is 58.4 Å². The van der Waals surface area contributed by atoms with Gasteiger partial charge in [0.15, 0.2) is 11.6 Å². The number of benzene rings is 1. The van der Waals surface area contributed by atoms with Gasteiger partial charge in [0.1, 0.15) is 17.9 Å². The fraction of sp³-hybridized carbons (Fsp3) is 0.622. The Bertz CT molecular complexity index is 1770. The van der Waals surface area contributed by atoms with Crippen LogP contribution in [-0.4, -0.2) is 137 Å². The van der Waals surface area contributed by atoms with Crippen molar-refractivity contribution in [1.82, 2.24) is 33.3 Å². The number of halogens is 1. The first kappa shape index (κ1) is 36.7. The van der Waals surface area contributed by atoms with Crippen LogP contribution in [-0.2, 0) is 15.0 Å². The first-order valence-corrected chi connectivity index (χ1v) is 20.1. The molecule has 6 heterocycles. The predicted molar refractivity (Wildman–Crippen MR) is 195 cm³/mol. The van der Waals surface area contributed by atoms with E-state index in [9.17, 15) is 22.4 Å². The maximum atomic E-state index is 14.3. The SMILES string of the molecule is C=CC(=O)N1C[C@@H]2C[C@H]1CN2S(=O)(=O)N1CCC(CN2CCC3(CC2)CN(c2ncncc2Oc2ccc(F)cc2C(=O)N(CC)C(C)C)C3)CC1. The summed E-state index contributed by atoms with van der Waals surface area (Å²) in [6.45, 7) is 16.4. The zero-order valence-electron chi connectivity index (χ0n) is 30.5. The van der Waals surface area contributed by atoms with Gasteiger partial charge < -0.3 is 24.3 Å². The largest absolute Gasteiger partial charge is 0.451 e. The summed E-state index contributed by atoms with van der Waals surface area (Å²) in [7, 11) is -3.55. The number of anilines is 1. The number of hydrogen-bond acceptors (Lipinski definition) is 9. The van der Waals surface area contributed by atoms with Gasteiger partial charge in [-0.3, -0.25) is 9.59 Å². The van der Waals surface area contributed by atoms with Crippen LogP contribution < -0.4 is 9.64 Å². The van der Waals surface area contributed by atoms with Crippen molar-refractivity contribution < 1.29 is 27.1 Å². The molecular weight excluding hydrogens is 688 g/mol. The molecule has 5 saturated heterocycles. The van der Waals surface area contributed by atoms with Crippen molar-refractivity contribution in [3.05, 3.63) is 54.8 Å². The standard InChI is InChI=1S/C37H51FN8O5S/c1-5-34(47)45-21-30-18-29(45)22-46(30)52(49,50)43-13-9-27(10-14-43)20-41-15-11-37(12-16-41)23-42(24-37)35-33(19-39-25-40-35)51-32-8-7-28(38)17-31(32)36(48)44(6-2)26(3)4/h5,7-8,17,19,25-27,29-30H,1,6,9-16,18,20-24H2,2-4H3/t29-,30-/m0/s1. The Morgan fingerprint density at radius 3 is 2.46 bits per heavy atom. The van der Waals surface area contributed by atoms with Crippen molar-refractivity contribution in [2.45, 2.75) is 71.0 Å². The average molecular weight is 739 g/mol. The number of fused-ring (bicyclic) bond motifs is 2. The van der Waals surface area contributed by atoms with Gasteiger partial charge in [-0.05, 0) is 96.2 Å². The number of likely N-dealkylation sites (tertiary alicyclic amines) is 2. The Hall–Kier alpha value is -3.66. The number of piperidine rings is 2. The molecule has 7 rings (SSSR count). The summed E-state index contributed by atoms with van der Waals surface area (Å²) in [5.41, 5.74) is 0.353. The second kappa shape index (κ2) is 14.6. The highest BCUT2D eigenvalue weighted by Crippen LogP contribution is 2.45. The summed E-state index contributed by atoms with van der Waals surface area (Å²) in [6, 6.07) is 3.75. The molecule has 13 nitrogen and oxygen atoms in total. The molecule has 0 radical (unpaired) electrons. The Kier molecular flexibility index (Phi) is 10.3. The number of rotatable bonds is 11. The van der Waals surface area contributed by atoms with E-state index in [1.54, 1.807) is 24.6 Å². The first-order valence-electron chi connectivity index (χ1n) is 18.7. The minimum absolute atomic E-state index is 0.0506. The van der Waals surface area contributed by atoms with Crippen molar-refractivity contribution >= 4 is 27.8 Å². The molecule has 282 valence electrons. The zero-order chi connectivity index (χ0) is 36.8. The minimum Gasteiger partial charge on any atom is -0.451 e. The fourth-order valence-corrected chi connectivity index (χ4v) is 10.8. The van der Waals surface area contributed by atoms with Gasteiger partial charge in [0.05, 0.1) is 11.8 Å². The maximum absolute atomic E-state index is 14.3. The number of carbonyl (C=O) groups is 2. The Morgan fingerprint density at radius 2 is 1.83 bits per heavy atom. The highest BCUT2D eigenvalue weighted by Gasteiger charge is 2.51. The van der Waals surface area contributed by atoms with Gasteiger partial charge in [0, 0.05) is 75.9 Å². The van der Waals surface area contributed by atoms with E-state index >= 15 is 0 Å². The Balaban J connectivity index is 0.895. The summed E-state index contributed by atoms with van der Waals surface area (Å²) in [6.07, 6.45) is 8.94. The molecule has 5 aliphatic heterocycles. The quantitative estimate of drug-likeness (QED) is 0.319. The molecule has 5 fully saturated rings. The lowest BCUT2D eigenvalue weighted by Crippen LogP contribution is -2.61. The number of nitrogens with zero attached hydrogens (tertiary/aromatic N) is 8. The summed E-state index contributed by atoms with van der Waals surface area (Å²) < 4.78 is 51.0. The highest BCUT2D eigenvalue weighted by atomic mass is 32.2. The average Bonchev–Trinajstić information content (AvgIpc) is 3.75. The van der Waals surface area contributed by atoms with Gasteiger partial charge >= 0.3 is 0 Å². The molecular formula is C37H51FN8O5S. The number of amides is 2. The van der Waals surface area contributed by atoms with E-state index in [1.807, 2.05) is 20.8 Å². The molecule has 15 heteroatoms. The summed E-state index contributed by atoms with van der Waals surface area (Å²) in [4.78, 5) is 42.4. The molecule has 2 atom stereocenters. The van der Waals surface area contributed by atoms with Gasteiger partial charge in [-0.25, -0.2) is 14.4 Å². The number of piperazine rings is 1. The molecule has 0 N–H and O–H groups in total. The van der Waals surface area contributed by atoms with Crippen LogP contribution in [0.1, 0.15) is 63.2 Å². The number of carbonyl (C=O) groups excluding carboxylic acids is 2. The molecule has 1 aromatic carbocycles. The molecule has 5 aliphatic rings. The summed E-state index contributed by atoms with van der Waals surface area (Å²) in [5.74, 6) is 0.904. The predicted octanol–water partition coefficient (Wildman–Crippen LogP) is 3.61. The number of aromatic nitrogens is 2. The molecule has 2 bridgehead atoms. The molecule has 0 aliphatic carbocycles. The van der Waals surface area contributed by atoms with Crippen LogP contribution in [0.4, 0.5) is 10.2 Å². The van der Waals surface area contributed by atoms with Crippen LogP contribution in [0.3, 0.4) is 0 Å². The normalized spacial score (nSPS) is 24.0. The third-order valence-electron chi connectivity index (χ3n) is 11.9. The van der Waals surface area contributed by atoms with E-state index in [1.165, 1.54) is 30.6 Å². The molecule has 0 saturated carbocycles. The summed E-state index contributed by atoms with van der Waals surface area (Å²) in [5, 5.41) is 0. The second-order valence-corrected chi connectivity index (χ2v) is 17.3. The second-order valence-electron chi connectivity index (χ2n) is 15.5. The monoisotopic (exact) mass is 738 g/mol. The van der Waals surface area contributed by atoms with Crippen molar-refractivity contribution in [2.75, 3.05) is 70.3 Å². The van der Waals surface area contributed by atoms with Gasteiger partial charge in [-0.1, -0.05) is 6.58 Å². The molecule has 2 amide bonds. The minimum atomic E-state index is -3.55. The lowest BCUT2D eigenvalue weighted by atomic mass is 9.72. The Labute approximate surface area is 306 Å². The first-order chi connectivity index (χ1) is 24.9. The number of hydrogen-bond donors (Lipinski definition) is 0. The van der Waals surface area contributed by atoms with Crippen LogP contribution in [0.2, 0.25) is 0 Å². The zero-order valence-corrected chi connectivity index (χ0v) is 31.3. The van der Waals surface area contributed by atoms with Gasteiger partial charge in [-0.15, -0.1) is 0 Å². The van der Waals surface area contributed by atoms with Crippen molar-refractivity contribution in [3.8, 4) is 11.5 Å². The lowest BCUT2D eigenvalue weighted by Gasteiger charge is -2.54. The highest BCUT2D eigenvalue weighted by molar-refractivity contribution is 7.86. The van der Waals surface area contributed by atoms with E-state index in [2.05, 4.69) is 26.3 Å². The van der Waals surface area contributed by atoms with E-state index in [4.69, 9.17) is 4.74 Å². The van der Waals surface area contributed by atoms with Crippen molar-refractivity contribution in [1.29, 1.82) is 0 Å². The van der Waals surface area contributed by atoms with E-state index in [0.29, 0.717) is 56.6 Å². The molecule has 1 aromatic heterocycles. The van der Waals surface area contributed by atoms with Gasteiger partial charge in [0.2, 0.25) is 5.91 Å². The van der Waals surface area contributed by atoms with Crippen LogP contribution in [0.5, 0.6) is 11.5 Å². The number of ether oxygens (including phenoxy) is 1. The van der Waals surface area contributed by atoms with Crippen LogP contribution in [0.15, 0.2) is 43.4 Å². The van der Waals surface area contributed by atoms with E-state index in [-0.39, 0.29) is 46.7 Å². The van der Waals surface area contributed by atoms with Crippen LogP contribution >= 0.6 is 0 Å². The van der Waals surface area contributed by atoms with Crippen molar-refractivity contribution in [2.24, 2.45) is 11.3 Å². The topological polar surface area (TPSA) is 123 Å².